The SMILES string of the molecule is CCCCCCCCCCCCCCCCCCN(CCCCCCCCCCCCCCCCCC)CCCCCCCCCCCC(C)C. The van der Waals surface area contributed by atoms with E-state index in [9.17, 15) is 0 Å². The van der Waals surface area contributed by atoms with Crippen molar-refractivity contribution in [2.24, 2.45) is 5.92 Å². The number of rotatable bonds is 46. The van der Waals surface area contributed by atoms with Crippen LogP contribution in [0.3, 0.4) is 0 Å². The lowest BCUT2D eigenvalue weighted by atomic mass is 10.0. The molecule has 0 saturated heterocycles. The largest absolute Gasteiger partial charge is 0.303 e. The van der Waals surface area contributed by atoms with E-state index in [4.69, 9.17) is 0 Å². The Labute approximate surface area is 326 Å². The summed E-state index contributed by atoms with van der Waals surface area (Å²) in [5, 5.41) is 0. The maximum atomic E-state index is 2.88. The third-order valence-electron chi connectivity index (χ3n) is 11.9. The predicted octanol–water partition coefficient (Wildman–Crippen LogP) is 18.4. The third kappa shape index (κ3) is 46.0. The molecule has 0 aliphatic heterocycles. The molecule has 0 rings (SSSR count). The smallest absolute Gasteiger partial charge is 0.00187 e. The number of hydrogen-bond donors (Lipinski definition) is 0. The van der Waals surface area contributed by atoms with E-state index in [1.807, 2.05) is 0 Å². The Morgan fingerprint density at radius 3 is 0.608 bits per heavy atom. The first-order chi connectivity index (χ1) is 25.2. The van der Waals surface area contributed by atoms with E-state index in [0.29, 0.717) is 0 Å². The zero-order chi connectivity index (χ0) is 37.0. The molecule has 0 unspecified atom stereocenters. The molecule has 0 aromatic heterocycles. The van der Waals surface area contributed by atoms with Gasteiger partial charge in [0.15, 0.2) is 0 Å². The first kappa shape index (κ1) is 51.0. The summed E-state index contributed by atoms with van der Waals surface area (Å²) in [6.07, 6.45) is 61.6. The lowest BCUT2D eigenvalue weighted by Gasteiger charge is -2.22. The second-order valence-corrected chi connectivity index (χ2v) is 17.8. The predicted molar refractivity (Wildman–Crippen MR) is 237 cm³/mol. The molecule has 0 fully saturated rings. The minimum Gasteiger partial charge on any atom is -0.303 e. The fourth-order valence-corrected chi connectivity index (χ4v) is 8.23. The Kier molecular flexibility index (Phi) is 46.1. The standard InChI is InChI=1S/C50H103N/c1-5-7-9-11-13-15-17-19-21-23-25-27-31-35-39-43-47-51(49-45-41-37-33-29-30-34-38-42-46-50(3)4)48-44-40-36-32-28-26-24-22-20-18-16-14-12-10-8-6-2/h50H,5-49H2,1-4H3. The molecule has 0 spiro atoms. The van der Waals surface area contributed by atoms with Gasteiger partial charge in [-0.2, -0.15) is 0 Å². The minimum absolute atomic E-state index is 0.887. The Balaban J connectivity index is 3.92. The van der Waals surface area contributed by atoms with Gasteiger partial charge in [-0.15, -0.1) is 0 Å². The van der Waals surface area contributed by atoms with Gasteiger partial charge < -0.3 is 4.90 Å². The maximum Gasteiger partial charge on any atom is -0.00187 e. The average Bonchev–Trinajstić information content (AvgIpc) is 3.12. The van der Waals surface area contributed by atoms with Crippen LogP contribution in [0.1, 0.15) is 297 Å². The first-order valence-corrected chi connectivity index (χ1v) is 24.9. The summed E-state index contributed by atoms with van der Waals surface area (Å²) in [5.41, 5.74) is 0. The van der Waals surface area contributed by atoms with Gasteiger partial charge in [0, 0.05) is 0 Å². The molecule has 0 bridgehead atoms. The first-order valence-electron chi connectivity index (χ1n) is 24.9. The lowest BCUT2D eigenvalue weighted by Crippen LogP contribution is -2.27. The van der Waals surface area contributed by atoms with Gasteiger partial charge in [0.25, 0.3) is 0 Å². The lowest BCUT2D eigenvalue weighted by molar-refractivity contribution is 0.254. The van der Waals surface area contributed by atoms with Crippen molar-refractivity contribution in [3.63, 3.8) is 0 Å². The van der Waals surface area contributed by atoms with Crippen molar-refractivity contribution in [2.45, 2.75) is 297 Å². The van der Waals surface area contributed by atoms with Crippen LogP contribution in [-0.2, 0) is 0 Å². The van der Waals surface area contributed by atoms with Gasteiger partial charge >= 0.3 is 0 Å². The van der Waals surface area contributed by atoms with E-state index < -0.39 is 0 Å². The molecule has 0 N–H and O–H groups in total. The van der Waals surface area contributed by atoms with Gasteiger partial charge in [-0.25, -0.2) is 0 Å². The van der Waals surface area contributed by atoms with Crippen LogP contribution in [0.25, 0.3) is 0 Å². The van der Waals surface area contributed by atoms with Crippen molar-refractivity contribution < 1.29 is 0 Å². The van der Waals surface area contributed by atoms with Crippen LogP contribution < -0.4 is 0 Å². The number of unbranched alkanes of at least 4 members (excludes halogenated alkanes) is 38. The molecule has 0 saturated carbocycles. The summed E-state index contributed by atoms with van der Waals surface area (Å²) in [7, 11) is 0. The van der Waals surface area contributed by atoms with Gasteiger partial charge in [0.05, 0.1) is 0 Å². The summed E-state index contributed by atoms with van der Waals surface area (Å²) in [6.45, 7) is 13.5. The second-order valence-electron chi connectivity index (χ2n) is 17.8. The molecule has 1 nitrogen and oxygen atoms in total. The molecule has 0 amide bonds. The topological polar surface area (TPSA) is 3.24 Å². The molecule has 0 aromatic rings. The Bertz CT molecular complexity index is 548. The monoisotopic (exact) mass is 718 g/mol. The third-order valence-corrected chi connectivity index (χ3v) is 11.9. The Morgan fingerprint density at radius 1 is 0.235 bits per heavy atom. The second kappa shape index (κ2) is 46.1. The van der Waals surface area contributed by atoms with E-state index in [1.165, 1.54) is 289 Å². The van der Waals surface area contributed by atoms with Crippen molar-refractivity contribution in [1.82, 2.24) is 4.90 Å². The summed E-state index contributed by atoms with van der Waals surface area (Å²) in [6, 6.07) is 0. The zero-order valence-corrected chi connectivity index (χ0v) is 36.8. The maximum absolute atomic E-state index is 2.88. The van der Waals surface area contributed by atoms with Gasteiger partial charge in [-0.3, -0.25) is 0 Å². The van der Waals surface area contributed by atoms with Crippen LogP contribution in [0, 0.1) is 5.92 Å². The molecule has 0 aliphatic carbocycles. The highest BCUT2D eigenvalue weighted by molar-refractivity contribution is 4.61. The van der Waals surface area contributed by atoms with Gasteiger partial charge in [-0.05, 0) is 44.8 Å². The molecule has 0 aliphatic rings. The number of nitrogens with zero attached hydrogens (tertiary/aromatic N) is 1. The average molecular weight is 718 g/mol. The van der Waals surface area contributed by atoms with Crippen LogP contribution in [0.4, 0.5) is 0 Å². The quantitative estimate of drug-likeness (QED) is 0.0567. The molecular weight excluding hydrogens is 615 g/mol. The minimum atomic E-state index is 0.887. The molecule has 0 radical (unpaired) electrons. The van der Waals surface area contributed by atoms with Crippen LogP contribution in [0.2, 0.25) is 0 Å². The fraction of sp³-hybridized carbons (Fsp3) is 1.00. The Hall–Kier alpha value is -0.0400. The van der Waals surface area contributed by atoms with Crippen molar-refractivity contribution in [3.05, 3.63) is 0 Å². The van der Waals surface area contributed by atoms with E-state index in [0.717, 1.165) is 5.92 Å². The van der Waals surface area contributed by atoms with Gasteiger partial charge in [0.2, 0.25) is 0 Å². The highest BCUT2D eigenvalue weighted by Crippen LogP contribution is 2.17. The summed E-state index contributed by atoms with van der Waals surface area (Å²) < 4.78 is 0. The van der Waals surface area contributed by atoms with Gasteiger partial charge in [0.1, 0.15) is 0 Å². The van der Waals surface area contributed by atoms with Crippen molar-refractivity contribution in [3.8, 4) is 0 Å². The summed E-state index contributed by atoms with van der Waals surface area (Å²) in [4.78, 5) is 2.88. The fourth-order valence-electron chi connectivity index (χ4n) is 8.23. The van der Waals surface area contributed by atoms with Crippen LogP contribution in [-0.4, -0.2) is 24.5 Å². The molecule has 51 heavy (non-hydrogen) atoms. The van der Waals surface area contributed by atoms with Gasteiger partial charge in [-0.1, -0.05) is 278 Å². The van der Waals surface area contributed by atoms with E-state index in [1.54, 1.807) is 0 Å². The van der Waals surface area contributed by atoms with E-state index >= 15 is 0 Å². The zero-order valence-electron chi connectivity index (χ0n) is 36.8. The van der Waals surface area contributed by atoms with Crippen LogP contribution in [0.15, 0.2) is 0 Å². The molecule has 308 valence electrons. The van der Waals surface area contributed by atoms with E-state index in [-0.39, 0.29) is 0 Å². The molecule has 1 heteroatoms. The van der Waals surface area contributed by atoms with Crippen molar-refractivity contribution >= 4 is 0 Å². The van der Waals surface area contributed by atoms with Crippen LogP contribution >= 0.6 is 0 Å². The molecule has 0 heterocycles. The van der Waals surface area contributed by atoms with E-state index in [2.05, 4.69) is 32.6 Å². The van der Waals surface area contributed by atoms with Crippen molar-refractivity contribution in [1.29, 1.82) is 0 Å². The van der Waals surface area contributed by atoms with Crippen LogP contribution in [0.5, 0.6) is 0 Å². The molecular formula is C50H103N. The summed E-state index contributed by atoms with van der Waals surface area (Å²) in [5.74, 6) is 0.887. The molecule has 0 atom stereocenters. The summed E-state index contributed by atoms with van der Waals surface area (Å²) >= 11 is 0. The Morgan fingerprint density at radius 2 is 0.412 bits per heavy atom. The highest BCUT2D eigenvalue weighted by Gasteiger charge is 2.06. The number of hydrogen-bond acceptors (Lipinski definition) is 1. The van der Waals surface area contributed by atoms with Crippen molar-refractivity contribution in [2.75, 3.05) is 19.6 Å². The highest BCUT2D eigenvalue weighted by atomic mass is 15.1. The normalized spacial score (nSPS) is 11.9. The molecule has 0 aromatic carbocycles.